The van der Waals surface area contributed by atoms with Gasteiger partial charge in [0, 0.05) is 12.6 Å². The summed E-state index contributed by atoms with van der Waals surface area (Å²) in [5.41, 5.74) is 2.80. The normalized spacial score (nSPS) is 20.8. The molecule has 0 unspecified atom stereocenters. The molecule has 2 aliphatic carbocycles. The lowest BCUT2D eigenvalue weighted by molar-refractivity contribution is 0.273. The number of para-hydroxylation sites is 1. The molecule has 0 bridgehead atoms. The highest BCUT2D eigenvalue weighted by Gasteiger charge is 2.44. The second-order valence-electron chi connectivity index (χ2n) is 6.62. The predicted octanol–water partition coefficient (Wildman–Crippen LogP) is 3.08. The molecule has 0 aliphatic heterocycles. The average molecular weight is 282 g/mol. The van der Waals surface area contributed by atoms with E-state index in [0.717, 1.165) is 23.3 Å². The summed E-state index contributed by atoms with van der Waals surface area (Å²) in [5, 5.41) is 12.6. The smallest absolute Gasteiger partial charge is 0.0969 e. The van der Waals surface area contributed by atoms with E-state index in [0.29, 0.717) is 6.04 Å². The van der Waals surface area contributed by atoms with Crippen molar-refractivity contribution in [3.8, 4) is 5.69 Å². The Morgan fingerprint density at radius 2 is 1.86 bits per heavy atom. The van der Waals surface area contributed by atoms with Gasteiger partial charge in [0.25, 0.3) is 0 Å². The van der Waals surface area contributed by atoms with Crippen molar-refractivity contribution in [3.63, 3.8) is 0 Å². The Kier molecular flexibility index (Phi) is 3.26. The van der Waals surface area contributed by atoms with Gasteiger partial charge in [-0.25, -0.2) is 0 Å². The Balaban J connectivity index is 1.32. The van der Waals surface area contributed by atoms with Gasteiger partial charge in [0.1, 0.15) is 0 Å². The number of benzene rings is 1. The van der Waals surface area contributed by atoms with Gasteiger partial charge in [-0.05, 0) is 56.1 Å². The first-order valence-electron chi connectivity index (χ1n) is 8.03. The van der Waals surface area contributed by atoms with Crippen LogP contribution < -0.4 is 5.32 Å². The number of nitrogens with one attached hydrogen (secondary N) is 1. The first kappa shape index (κ1) is 13.0. The molecule has 1 aromatic heterocycles. The zero-order valence-electron chi connectivity index (χ0n) is 12.3. The fraction of sp³-hybridized carbons (Fsp3) is 0.529. The van der Waals surface area contributed by atoms with Gasteiger partial charge in [-0.3, -0.25) is 0 Å². The van der Waals surface area contributed by atoms with E-state index in [4.69, 9.17) is 0 Å². The standard InChI is InChI=1S/C17H22N4/c1-2-4-16(5-3-1)21-19-13-15(20-21)12-18-14-6-8-17(9-7-14)10-11-17/h1-5,13-14,18H,6-12H2. The summed E-state index contributed by atoms with van der Waals surface area (Å²) in [6, 6.07) is 10.7. The zero-order valence-corrected chi connectivity index (χ0v) is 12.3. The molecule has 2 aliphatic rings. The quantitative estimate of drug-likeness (QED) is 0.937. The maximum atomic E-state index is 4.55. The molecule has 2 saturated carbocycles. The first-order valence-corrected chi connectivity index (χ1v) is 8.03. The molecule has 0 radical (unpaired) electrons. The zero-order chi connectivity index (χ0) is 14.1. The minimum Gasteiger partial charge on any atom is -0.308 e. The Labute approximate surface area is 125 Å². The lowest BCUT2D eigenvalue weighted by Crippen LogP contribution is -2.33. The lowest BCUT2D eigenvalue weighted by Gasteiger charge is -2.28. The summed E-state index contributed by atoms with van der Waals surface area (Å²) in [4.78, 5) is 1.71. The van der Waals surface area contributed by atoms with Crippen molar-refractivity contribution in [3.05, 3.63) is 42.2 Å². The van der Waals surface area contributed by atoms with Gasteiger partial charge in [0.05, 0.1) is 17.6 Å². The number of nitrogens with zero attached hydrogens (tertiary/aromatic N) is 3. The first-order chi connectivity index (χ1) is 10.3. The summed E-state index contributed by atoms with van der Waals surface area (Å²) in [6.45, 7) is 0.824. The van der Waals surface area contributed by atoms with Crippen molar-refractivity contribution in [1.82, 2.24) is 20.3 Å². The fourth-order valence-corrected chi connectivity index (χ4v) is 3.42. The highest BCUT2D eigenvalue weighted by atomic mass is 15.5. The van der Waals surface area contributed by atoms with Crippen LogP contribution in [-0.4, -0.2) is 21.0 Å². The molecule has 21 heavy (non-hydrogen) atoms. The monoisotopic (exact) mass is 282 g/mol. The second-order valence-corrected chi connectivity index (χ2v) is 6.62. The van der Waals surface area contributed by atoms with Gasteiger partial charge in [0.2, 0.25) is 0 Å². The number of aromatic nitrogens is 3. The maximum absolute atomic E-state index is 4.55. The van der Waals surface area contributed by atoms with E-state index in [1.54, 1.807) is 4.80 Å². The molecule has 110 valence electrons. The number of hydrogen-bond donors (Lipinski definition) is 1. The summed E-state index contributed by atoms with van der Waals surface area (Å²) in [5.74, 6) is 0. The van der Waals surface area contributed by atoms with Gasteiger partial charge < -0.3 is 5.32 Å². The van der Waals surface area contributed by atoms with E-state index in [1.165, 1.54) is 38.5 Å². The molecule has 2 aromatic rings. The minimum absolute atomic E-state index is 0.665. The molecule has 0 saturated heterocycles. The van der Waals surface area contributed by atoms with Crippen molar-refractivity contribution in [2.24, 2.45) is 5.41 Å². The molecule has 4 rings (SSSR count). The van der Waals surface area contributed by atoms with E-state index < -0.39 is 0 Å². The van der Waals surface area contributed by atoms with Crippen molar-refractivity contribution in [2.45, 2.75) is 51.1 Å². The van der Waals surface area contributed by atoms with Crippen LogP contribution in [-0.2, 0) is 6.54 Å². The van der Waals surface area contributed by atoms with Gasteiger partial charge in [-0.2, -0.15) is 15.0 Å². The molecule has 1 spiro atoms. The van der Waals surface area contributed by atoms with E-state index >= 15 is 0 Å². The summed E-state index contributed by atoms with van der Waals surface area (Å²) < 4.78 is 0. The molecular formula is C17H22N4. The summed E-state index contributed by atoms with van der Waals surface area (Å²) >= 11 is 0. The number of hydrogen-bond acceptors (Lipinski definition) is 3. The van der Waals surface area contributed by atoms with Crippen molar-refractivity contribution in [1.29, 1.82) is 0 Å². The van der Waals surface area contributed by atoms with Crippen molar-refractivity contribution >= 4 is 0 Å². The molecule has 2 fully saturated rings. The maximum Gasteiger partial charge on any atom is 0.0969 e. The Morgan fingerprint density at radius 3 is 2.57 bits per heavy atom. The van der Waals surface area contributed by atoms with Crippen LogP contribution in [0.4, 0.5) is 0 Å². The van der Waals surface area contributed by atoms with Crippen molar-refractivity contribution in [2.75, 3.05) is 0 Å². The van der Waals surface area contributed by atoms with Gasteiger partial charge in [-0.15, -0.1) is 0 Å². The van der Waals surface area contributed by atoms with E-state index in [2.05, 4.69) is 15.5 Å². The van der Waals surface area contributed by atoms with E-state index in [-0.39, 0.29) is 0 Å². The van der Waals surface area contributed by atoms with Crippen LogP contribution in [0.3, 0.4) is 0 Å². The van der Waals surface area contributed by atoms with Crippen LogP contribution in [0.15, 0.2) is 36.5 Å². The van der Waals surface area contributed by atoms with E-state index in [9.17, 15) is 0 Å². The molecule has 1 N–H and O–H groups in total. The third kappa shape index (κ3) is 2.86. The second kappa shape index (κ2) is 5.26. The molecule has 4 nitrogen and oxygen atoms in total. The Morgan fingerprint density at radius 1 is 1.10 bits per heavy atom. The van der Waals surface area contributed by atoms with Crippen LogP contribution in [0.25, 0.3) is 5.69 Å². The van der Waals surface area contributed by atoms with Crippen molar-refractivity contribution < 1.29 is 0 Å². The minimum atomic E-state index is 0.665. The summed E-state index contributed by atoms with van der Waals surface area (Å²) in [6.07, 6.45) is 10.3. The summed E-state index contributed by atoms with van der Waals surface area (Å²) in [7, 11) is 0. The largest absolute Gasteiger partial charge is 0.308 e. The molecule has 0 amide bonds. The van der Waals surface area contributed by atoms with Gasteiger partial charge >= 0.3 is 0 Å². The predicted molar refractivity (Wildman–Crippen MR) is 82.1 cm³/mol. The van der Waals surface area contributed by atoms with E-state index in [1.807, 2.05) is 36.5 Å². The van der Waals surface area contributed by atoms with Gasteiger partial charge in [0.15, 0.2) is 0 Å². The molecule has 1 aromatic carbocycles. The highest BCUT2D eigenvalue weighted by Crippen LogP contribution is 2.56. The third-order valence-electron chi connectivity index (χ3n) is 5.10. The van der Waals surface area contributed by atoms with Crippen LogP contribution >= 0.6 is 0 Å². The Bertz CT molecular complexity index is 590. The fourth-order valence-electron chi connectivity index (χ4n) is 3.42. The SMILES string of the molecule is c1ccc(-n2ncc(CNC3CCC4(CC3)CC4)n2)cc1. The highest BCUT2D eigenvalue weighted by molar-refractivity contribution is 5.28. The van der Waals surface area contributed by atoms with Gasteiger partial charge in [-0.1, -0.05) is 18.2 Å². The molecular weight excluding hydrogens is 260 g/mol. The number of rotatable bonds is 4. The molecule has 0 atom stereocenters. The topological polar surface area (TPSA) is 42.7 Å². The molecule has 4 heteroatoms. The van der Waals surface area contributed by atoms with Crippen LogP contribution in [0, 0.1) is 5.41 Å². The van der Waals surface area contributed by atoms with Crippen LogP contribution in [0.1, 0.15) is 44.2 Å². The van der Waals surface area contributed by atoms with Crippen LogP contribution in [0.2, 0.25) is 0 Å². The average Bonchev–Trinajstić information content (AvgIpc) is 3.12. The third-order valence-corrected chi connectivity index (χ3v) is 5.10. The Hall–Kier alpha value is -1.68. The molecule has 1 heterocycles. The lowest BCUT2D eigenvalue weighted by atomic mass is 9.83. The van der Waals surface area contributed by atoms with Crippen LogP contribution in [0.5, 0.6) is 0 Å².